The van der Waals surface area contributed by atoms with E-state index in [1.807, 2.05) is 6.07 Å². The number of benzene rings is 1. The summed E-state index contributed by atoms with van der Waals surface area (Å²) < 4.78 is 10.2. The van der Waals surface area contributed by atoms with Crippen LogP contribution in [0.1, 0.15) is 5.56 Å². The van der Waals surface area contributed by atoms with Gasteiger partial charge in [-0.1, -0.05) is 0 Å². The van der Waals surface area contributed by atoms with Crippen LogP contribution in [0.25, 0.3) is 11.0 Å². The molecule has 2 fully saturated rings. The number of hydrogen-bond donors (Lipinski definition) is 0. The van der Waals surface area contributed by atoms with Crippen LogP contribution in [0.2, 0.25) is 0 Å². The molecule has 2 aliphatic heterocycles. The Kier molecular flexibility index (Phi) is 3.41. The Bertz CT molecular complexity index is 710. The molecule has 1 aromatic heterocycles. The second-order valence-electron chi connectivity index (χ2n) is 5.92. The van der Waals surface area contributed by atoms with Crippen molar-refractivity contribution in [2.75, 3.05) is 50.8 Å². The SMILES string of the molecule is N#Cc1cc(N2CC(CN3CCOCC3)C2)c2nonc2c1. The molecule has 114 valence electrons. The van der Waals surface area contributed by atoms with Crippen LogP contribution in [0.3, 0.4) is 0 Å². The maximum Gasteiger partial charge on any atom is 0.158 e. The van der Waals surface area contributed by atoms with E-state index in [4.69, 9.17) is 14.6 Å². The van der Waals surface area contributed by atoms with Crippen molar-refractivity contribution >= 4 is 16.7 Å². The zero-order valence-electron chi connectivity index (χ0n) is 12.2. The number of rotatable bonds is 3. The quantitative estimate of drug-likeness (QED) is 0.831. The average Bonchev–Trinajstić information content (AvgIpc) is 2.99. The lowest BCUT2D eigenvalue weighted by Gasteiger charge is -2.43. The first-order valence-electron chi connectivity index (χ1n) is 7.55. The summed E-state index contributed by atoms with van der Waals surface area (Å²) in [5.41, 5.74) is 2.93. The number of aromatic nitrogens is 2. The summed E-state index contributed by atoms with van der Waals surface area (Å²) in [6, 6.07) is 5.75. The highest BCUT2D eigenvalue weighted by atomic mass is 16.6. The van der Waals surface area contributed by atoms with E-state index in [1.54, 1.807) is 6.07 Å². The van der Waals surface area contributed by atoms with Crippen LogP contribution in [-0.2, 0) is 4.74 Å². The molecule has 0 N–H and O–H groups in total. The van der Waals surface area contributed by atoms with Gasteiger partial charge in [0.15, 0.2) is 5.52 Å². The maximum absolute atomic E-state index is 9.13. The number of nitrogens with zero attached hydrogens (tertiary/aromatic N) is 5. The minimum Gasteiger partial charge on any atom is -0.379 e. The molecule has 7 nitrogen and oxygen atoms in total. The molecular weight excluding hydrogens is 282 g/mol. The first-order valence-corrected chi connectivity index (χ1v) is 7.55. The molecule has 1 aromatic carbocycles. The minimum atomic E-state index is 0.592. The number of hydrogen-bond acceptors (Lipinski definition) is 7. The van der Waals surface area contributed by atoms with Gasteiger partial charge in [-0.15, -0.1) is 0 Å². The normalized spacial score (nSPS) is 20.0. The minimum absolute atomic E-state index is 0.592. The van der Waals surface area contributed by atoms with Crippen LogP contribution >= 0.6 is 0 Å². The molecule has 0 radical (unpaired) electrons. The molecule has 2 aromatic rings. The van der Waals surface area contributed by atoms with Gasteiger partial charge in [0, 0.05) is 38.6 Å². The Labute approximate surface area is 128 Å². The molecule has 0 spiro atoms. The number of morpholine rings is 1. The second-order valence-corrected chi connectivity index (χ2v) is 5.92. The molecule has 2 aliphatic rings. The summed E-state index contributed by atoms with van der Waals surface area (Å²) >= 11 is 0. The van der Waals surface area contributed by atoms with Gasteiger partial charge in [0.2, 0.25) is 0 Å². The van der Waals surface area contributed by atoms with Gasteiger partial charge >= 0.3 is 0 Å². The topological polar surface area (TPSA) is 78.4 Å². The van der Waals surface area contributed by atoms with Crippen LogP contribution in [-0.4, -0.2) is 61.2 Å². The molecule has 7 heteroatoms. The molecule has 0 saturated carbocycles. The third-order valence-corrected chi connectivity index (χ3v) is 4.39. The summed E-state index contributed by atoms with van der Waals surface area (Å²) in [5, 5.41) is 17.0. The van der Waals surface area contributed by atoms with Crippen molar-refractivity contribution in [3.8, 4) is 6.07 Å². The van der Waals surface area contributed by atoms with Gasteiger partial charge in [0.05, 0.1) is 30.5 Å². The average molecular weight is 299 g/mol. The molecule has 0 amide bonds. The number of nitriles is 1. The molecule has 4 rings (SSSR count). The Hall–Kier alpha value is -2.17. The molecule has 2 saturated heterocycles. The zero-order valence-corrected chi connectivity index (χ0v) is 12.2. The molecular formula is C15H17N5O2. The van der Waals surface area contributed by atoms with Gasteiger partial charge in [0.1, 0.15) is 5.52 Å². The van der Waals surface area contributed by atoms with Crippen LogP contribution in [0.5, 0.6) is 0 Å². The lowest BCUT2D eigenvalue weighted by molar-refractivity contribution is 0.0286. The van der Waals surface area contributed by atoms with E-state index >= 15 is 0 Å². The van der Waals surface area contributed by atoms with Crippen molar-refractivity contribution in [1.82, 2.24) is 15.2 Å². The fourth-order valence-electron chi connectivity index (χ4n) is 3.21. The molecule has 0 unspecified atom stereocenters. The Morgan fingerprint density at radius 3 is 2.82 bits per heavy atom. The van der Waals surface area contributed by atoms with Crippen LogP contribution in [0, 0.1) is 17.2 Å². The standard InChI is InChI=1S/C15H17N5O2/c16-7-11-5-13-15(18-22-17-13)14(6-11)20-9-12(10-20)8-19-1-3-21-4-2-19/h5-6,12H,1-4,8-10H2. The van der Waals surface area contributed by atoms with E-state index in [1.165, 1.54) is 0 Å². The van der Waals surface area contributed by atoms with Gasteiger partial charge in [-0.3, -0.25) is 4.90 Å². The lowest BCUT2D eigenvalue weighted by atomic mass is 9.97. The number of ether oxygens (including phenoxy) is 1. The monoisotopic (exact) mass is 299 g/mol. The summed E-state index contributed by atoms with van der Waals surface area (Å²) in [5.74, 6) is 0.652. The summed E-state index contributed by atoms with van der Waals surface area (Å²) in [6.45, 7) is 6.80. The van der Waals surface area contributed by atoms with Crippen LogP contribution in [0.15, 0.2) is 16.8 Å². The van der Waals surface area contributed by atoms with E-state index < -0.39 is 0 Å². The highest BCUT2D eigenvalue weighted by Crippen LogP contribution is 2.31. The zero-order chi connectivity index (χ0) is 14.9. The van der Waals surface area contributed by atoms with Gasteiger partial charge in [-0.25, -0.2) is 4.63 Å². The summed E-state index contributed by atoms with van der Waals surface area (Å²) in [6.07, 6.45) is 0. The van der Waals surface area contributed by atoms with Crippen molar-refractivity contribution in [1.29, 1.82) is 5.26 Å². The molecule has 0 aliphatic carbocycles. The third-order valence-electron chi connectivity index (χ3n) is 4.39. The third kappa shape index (κ3) is 2.40. The van der Waals surface area contributed by atoms with Gasteiger partial charge in [-0.2, -0.15) is 5.26 Å². The lowest BCUT2D eigenvalue weighted by Crippen LogP contribution is -2.53. The fraction of sp³-hybridized carbons (Fsp3) is 0.533. The van der Waals surface area contributed by atoms with E-state index in [0.29, 0.717) is 17.0 Å². The van der Waals surface area contributed by atoms with Crippen LogP contribution < -0.4 is 4.90 Å². The predicted molar refractivity (Wildman–Crippen MR) is 79.5 cm³/mol. The van der Waals surface area contributed by atoms with Crippen molar-refractivity contribution in [3.63, 3.8) is 0 Å². The Balaban J connectivity index is 1.46. The first-order chi connectivity index (χ1) is 10.8. The largest absolute Gasteiger partial charge is 0.379 e. The molecule has 0 bridgehead atoms. The van der Waals surface area contributed by atoms with Crippen molar-refractivity contribution in [2.45, 2.75) is 0 Å². The van der Waals surface area contributed by atoms with E-state index in [0.717, 1.165) is 57.1 Å². The number of fused-ring (bicyclic) bond motifs is 1. The number of anilines is 1. The molecule has 3 heterocycles. The Morgan fingerprint density at radius 1 is 1.23 bits per heavy atom. The first kappa shape index (κ1) is 13.5. The maximum atomic E-state index is 9.13. The van der Waals surface area contributed by atoms with E-state index in [9.17, 15) is 0 Å². The van der Waals surface area contributed by atoms with Crippen LogP contribution in [0.4, 0.5) is 5.69 Å². The Morgan fingerprint density at radius 2 is 2.05 bits per heavy atom. The summed E-state index contributed by atoms with van der Waals surface area (Å²) in [4.78, 5) is 4.71. The smallest absolute Gasteiger partial charge is 0.158 e. The van der Waals surface area contributed by atoms with E-state index in [-0.39, 0.29) is 0 Å². The van der Waals surface area contributed by atoms with Crippen molar-refractivity contribution in [2.24, 2.45) is 5.92 Å². The highest BCUT2D eigenvalue weighted by molar-refractivity contribution is 5.89. The summed E-state index contributed by atoms with van der Waals surface area (Å²) in [7, 11) is 0. The van der Waals surface area contributed by atoms with Gasteiger partial charge in [-0.05, 0) is 22.4 Å². The van der Waals surface area contributed by atoms with E-state index in [2.05, 4.69) is 26.2 Å². The highest BCUT2D eigenvalue weighted by Gasteiger charge is 2.31. The molecule has 22 heavy (non-hydrogen) atoms. The molecule has 0 atom stereocenters. The fourth-order valence-corrected chi connectivity index (χ4v) is 3.21. The predicted octanol–water partition coefficient (Wildman–Crippen LogP) is 0.863. The van der Waals surface area contributed by atoms with Gasteiger partial charge < -0.3 is 9.64 Å². The van der Waals surface area contributed by atoms with Crippen molar-refractivity contribution < 1.29 is 9.37 Å². The second kappa shape index (κ2) is 5.55. The van der Waals surface area contributed by atoms with Crippen molar-refractivity contribution in [3.05, 3.63) is 17.7 Å². The van der Waals surface area contributed by atoms with Gasteiger partial charge in [0.25, 0.3) is 0 Å².